The van der Waals surface area contributed by atoms with Crippen molar-refractivity contribution >= 4 is 28.9 Å². The van der Waals surface area contributed by atoms with Crippen LogP contribution < -0.4 is 10.2 Å². The Morgan fingerprint density at radius 1 is 1.36 bits per heavy atom. The summed E-state index contributed by atoms with van der Waals surface area (Å²) in [6, 6.07) is 4.64. The molecule has 120 valence electrons. The maximum absolute atomic E-state index is 4.47. The molecule has 1 aliphatic rings. The van der Waals surface area contributed by atoms with E-state index in [4.69, 9.17) is 0 Å². The smallest absolute Gasteiger partial charge is 0.185 e. The number of piperazine rings is 1. The second-order valence-corrected chi connectivity index (χ2v) is 6.57. The molecule has 7 heteroatoms. The number of nitrogens with zero attached hydrogens (tertiary/aromatic N) is 4. The molecule has 5 nitrogen and oxygen atoms in total. The number of hydrogen-bond acceptors (Lipinski definition) is 6. The first-order valence-electron chi connectivity index (χ1n) is 7.21. The lowest BCUT2D eigenvalue weighted by Crippen LogP contribution is -2.45. The molecule has 0 spiro atoms. The predicted octanol–water partition coefficient (Wildman–Crippen LogP) is 2.17. The van der Waals surface area contributed by atoms with Crippen molar-refractivity contribution in [1.29, 1.82) is 0 Å². The van der Waals surface area contributed by atoms with Gasteiger partial charge < -0.3 is 10.2 Å². The molecule has 3 heterocycles. The van der Waals surface area contributed by atoms with Crippen molar-refractivity contribution < 1.29 is 0 Å². The number of halogens is 1. The Kier molecular flexibility index (Phi) is 6.14. The number of thiazole rings is 1. The van der Waals surface area contributed by atoms with Crippen LogP contribution in [0.1, 0.15) is 16.5 Å². The van der Waals surface area contributed by atoms with Crippen LogP contribution in [0.25, 0.3) is 0 Å². The third kappa shape index (κ3) is 3.95. The largest absolute Gasteiger partial charge is 0.354 e. The van der Waals surface area contributed by atoms with Crippen LogP contribution in [0, 0.1) is 0 Å². The minimum atomic E-state index is 0. The highest BCUT2D eigenvalue weighted by Gasteiger charge is 2.24. The lowest BCUT2D eigenvalue weighted by molar-refractivity contribution is 0.155. The van der Waals surface area contributed by atoms with Crippen molar-refractivity contribution in [2.45, 2.75) is 12.6 Å². The van der Waals surface area contributed by atoms with Gasteiger partial charge in [0.15, 0.2) is 5.13 Å². The summed E-state index contributed by atoms with van der Waals surface area (Å²) in [7, 11) is 4.07. The van der Waals surface area contributed by atoms with Crippen LogP contribution in [-0.4, -0.2) is 48.6 Å². The van der Waals surface area contributed by atoms with E-state index in [-0.39, 0.29) is 12.4 Å². The average molecular weight is 340 g/mol. The van der Waals surface area contributed by atoms with Crippen molar-refractivity contribution in [2.75, 3.05) is 38.6 Å². The summed E-state index contributed by atoms with van der Waals surface area (Å²) in [4.78, 5) is 14.5. The predicted molar refractivity (Wildman–Crippen MR) is 93.9 cm³/mol. The van der Waals surface area contributed by atoms with Gasteiger partial charge in [0.1, 0.15) is 0 Å². The third-order valence-electron chi connectivity index (χ3n) is 3.73. The molecule has 0 bridgehead atoms. The van der Waals surface area contributed by atoms with Crippen molar-refractivity contribution in [2.24, 2.45) is 0 Å². The Balaban J connectivity index is 0.00000176. The van der Waals surface area contributed by atoms with Crippen LogP contribution in [0.15, 0.2) is 30.7 Å². The first-order valence-corrected chi connectivity index (χ1v) is 8.02. The zero-order valence-corrected chi connectivity index (χ0v) is 14.5. The van der Waals surface area contributed by atoms with E-state index in [1.165, 1.54) is 10.4 Å². The van der Waals surface area contributed by atoms with Gasteiger partial charge in [-0.1, -0.05) is 0 Å². The Bertz CT molecular complexity index is 574. The molecular weight excluding hydrogens is 318 g/mol. The van der Waals surface area contributed by atoms with Crippen molar-refractivity contribution in [3.05, 3.63) is 41.2 Å². The second kappa shape index (κ2) is 7.87. The maximum Gasteiger partial charge on any atom is 0.185 e. The van der Waals surface area contributed by atoms with E-state index >= 15 is 0 Å². The average Bonchev–Trinajstić information content (AvgIpc) is 2.98. The minimum Gasteiger partial charge on any atom is -0.354 e. The quantitative estimate of drug-likeness (QED) is 0.925. The number of rotatable bonds is 4. The van der Waals surface area contributed by atoms with Gasteiger partial charge in [-0.15, -0.1) is 23.7 Å². The van der Waals surface area contributed by atoms with Gasteiger partial charge >= 0.3 is 0 Å². The van der Waals surface area contributed by atoms with Crippen molar-refractivity contribution in [3.63, 3.8) is 0 Å². The van der Waals surface area contributed by atoms with Crippen LogP contribution >= 0.6 is 23.7 Å². The van der Waals surface area contributed by atoms with Gasteiger partial charge in [0.2, 0.25) is 0 Å². The molecule has 1 aliphatic heterocycles. The molecule has 1 fully saturated rings. The van der Waals surface area contributed by atoms with Gasteiger partial charge in [-0.3, -0.25) is 9.88 Å². The summed E-state index contributed by atoms with van der Waals surface area (Å²) in [5, 5.41) is 4.56. The minimum absolute atomic E-state index is 0. The molecule has 0 aromatic carbocycles. The summed E-state index contributed by atoms with van der Waals surface area (Å²) in [6.07, 6.45) is 5.75. The molecule has 1 unspecified atom stereocenters. The fourth-order valence-electron chi connectivity index (χ4n) is 2.63. The molecule has 0 radical (unpaired) electrons. The van der Waals surface area contributed by atoms with Crippen LogP contribution in [0.3, 0.4) is 0 Å². The summed E-state index contributed by atoms with van der Waals surface area (Å²) in [5.41, 5.74) is 1.33. The van der Waals surface area contributed by atoms with E-state index in [0.29, 0.717) is 6.04 Å². The number of pyridine rings is 1. The Morgan fingerprint density at radius 3 is 2.82 bits per heavy atom. The van der Waals surface area contributed by atoms with Crippen LogP contribution in [-0.2, 0) is 6.54 Å². The molecule has 0 aliphatic carbocycles. The molecule has 1 N–H and O–H groups in total. The Labute approximate surface area is 141 Å². The molecule has 22 heavy (non-hydrogen) atoms. The van der Waals surface area contributed by atoms with E-state index < -0.39 is 0 Å². The lowest BCUT2D eigenvalue weighted by atomic mass is 10.0. The van der Waals surface area contributed by atoms with Gasteiger partial charge in [0, 0.05) is 69.8 Å². The SMILES string of the molecule is CN(C)c1ncc(CN2CCNCC2c2ccncc2)s1.Cl. The number of nitrogens with one attached hydrogen (secondary N) is 1. The summed E-state index contributed by atoms with van der Waals surface area (Å²) in [5.74, 6) is 0. The third-order valence-corrected chi connectivity index (χ3v) is 4.88. The topological polar surface area (TPSA) is 44.3 Å². The molecular formula is C15H22ClN5S. The van der Waals surface area contributed by atoms with Crippen molar-refractivity contribution in [3.8, 4) is 0 Å². The molecule has 2 aromatic rings. The second-order valence-electron chi connectivity index (χ2n) is 5.47. The van der Waals surface area contributed by atoms with Gasteiger partial charge in [0.25, 0.3) is 0 Å². The molecule has 1 atom stereocenters. The highest BCUT2D eigenvalue weighted by molar-refractivity contribution is 7.15. The van der Waals surface area contributed by atoms with E-state index in [0.717, 1.165) is 31.3 Å². The highest BCUT2D eigenvalue weighted by Crippen LogP contribution is 2.27. The number of hydrogen-bond donors (Lipinski definition) is 1. The molecule has 2 aromatic heterocycles. The maximum atomic E-state index is 4.47. The van der Waals surface area contributed by atoms with E-state index in [1.807, 2.05) is 32.7 Å². The van der Waals surface area contributed by atoms with E-state index in [2.05, 4.69) is 37.2 Å². The van der Waals surface area contributed by atoms with Crippen molar-refractivity contribution in [1.82, 2.24) is 20.2 Å². The molecule has 1 saturated heterocycles. The lowest BCUT2D eigenvalue weighted by Gasteiger charge is -2.36. The highest BCUT2D eigenvalue weighted by atomic mass is 35.5. The molecule has 0 saturated carbocycles. The zero-order chi connectivity index (χ0) is 14.7. The van der Waals surface area contributed by atoms with Gasteiger partial charge in [-0.2, -0.15) is 0 Å². The van der Waals surface area contributed by atoms with Crippen LogP contribution in [0.5, 0.6) is 0 Å². The van der Waals surface area contributed by atoms with Gasteiger partial charge in [0.05, 0.1) is 0 Å². The summed E-state index contributed by atoms with van der Waals surface area (Å²) >= 11 is 1.77. The zero-order valence-electron chi connectivity index (χ0n) is 12.9. The normalized spacial score (nSPS) is 18.7. The molecule has 0 amide bonds. The van der Waals surface area contributed by atoms with E-state index in [1.54, 1.807) is 11.3 Å². The van der Waals surface area contributed by atoms with Gasteiger partial charge in [-0.05, 0) is 17.7 Å². The number of aromatic nitrogens is 2. The first kappa shape index (κ1) is 17.1. The summed E-state index contributed by atoms with van der Waals surface area (Å²) < 4.78 is 0. The summed E-state index contributed by atoms with van der Waals surface area (Å²) in [6.45, 7) is 4.05. The molecule has 3 rings (SSSR count). The fraction of sp³-hybridized carbons (Fsp3) is 0.467. The first-order chi connectivity index (χ1) is 10.2. The Hall–Kier alpha value is -1.21. The monoisotopic (exact) mass is 339 g/mol. The standard InChI is InChI=1S/C15H21N5S.ClH/c1-19(2)15-18-9-13(21-15)11-20-8-7-17-10-14(20)12-3-5-16-6-4-12;/h3-6,9,14,17H,7-8,10-11H2,1-2H3;1H. The van der Waals surface area contributed by atoms with Gasteiger partial charge in [-0.25, -0.2) is 4.98 Å². The van der Waals surface area contributed by atoms with Crippen LogP contribution in [0.4, 0.5) is 5.13 Å². The fourth-order valence-corrected chi connectivity index (χ4v) is 3.49. The van der Waals surface area contributed by atoms with E-state index in [9.17, 15) is 0 Å². The van der Waals surface area contributed by atoms with Crippen LogP contribution in [0.2, 0.25) is 0 Å². The number of anilines is 1. The Morgan fingerprint density at radius 2 is 2.14 bits per heavy atom.